The van der Waals surface area contributed by atoms with Crippen molar-refractivity contribution in [1.29, 1.82) is 0 Å². The zero-order valence-corrected chi connectivity index (χ0v) is 11.4. The Bertz CT molecular complexity index is 383. The second kappa shape index (κ2) is 6.22. The number of nitrogens with one attached hydrogen (secondary N) is 1. The van der Waals surface area contributed by atoms with E-state index in [9.17, 15) is 14.7 Å². The zero-order chi connectivity index (χ0) is 13.7. The molecule has 1 amide bonds. The lowest BCUT2D eigenvalue weighted by Crippen LogP contribution is -2.42. The Morgan fingerprint density at radius 1 is 1.26 bits per heavy atom. The maximum atomic E-state index is 11.8. The Hall–Kier alpha value is -1.32. The van der Waals surface area contributed by atoms with Crippen molar-refractivity contribution in [1.82, 2.24) is 5.32 Å². The lowest BCUT2D eigenvalue weighted by Gasteiger charge is -2.36. The van der Waals surface area contributed by atoms with Gasteiger partial charge in [0.25, 0.3) is 0 Å². The summed E-state index contributed by atoms with van der Waals surface area (Å²) in [6.07, 6.45) is 10.4. The van der Waals surface area contributed by atoms with Gasteiger partial charge in [0, 0.05) is 13.0 Å². The number of aliphatic carboxylic acids is 1. The predicted octanol–water partition coefficient (Wildman–Crippen LogP) is 2.64. The van der Waals surface area contributed by atoms with Crippen molar-refractivity contribution in [3.05, 3.63) is 11.6 Å². The van der Waals surface area contributed by atoms with Gasteiger partial charge in [-0.05, 0) is 44.9 Å². The highest BCUT2D eigenvalue weighted by Crippen LogP contribution is 2.44. The van der Waals surface area contributed by atoms with Crippen LogP contribution in [-0.2, 0) is 9.59 Å². The quantitative estimate of drug-likeness (QED) is 0.725. The van der Waals surface area contributed by atoms with Crippen molar-refractivity contribution < 1.29 is 14.7 Å². The van der Waals surface area contributed by atoms with Crippen molar-refractivity contribution in [2.75, 3.05) is 6.54 Å². The Balaban J connectivity index is 1.70. The number of carbonyl (C=O) groups excluding carboxylic acids is 1. The molecule has 1 saturated carbocycles. The van der Waals surface area contributed by atoms with Gasteiger partial charge in [-0.25, -0.2) is 0 Å². The molecule has 4 nitrogen and oxygen atoms in total. The van der Waals surface area contributed by atoms with Gasteiger partial charge in [-0.3, -0.25) is 9.59 Å². The third kappa shape index (κ3) is 3.58. The van der Waals surface area contributed by atoms with Crippen molar-refractivity contribution in [3.8, 4) is 0 Å². The fourth-order valence-corrected chi connectivity index (χ4v) is 2.93. The van der Waals surface area contributed by atoms with Gasteiger partial charge < -0.3 is 10.4 Å². The molecule has 0 atom stereocenters. The predicted molar refractivity (Wildman–Crippen MR) is 72.7 cm³/mol. The van der Waals surface area contributed by atoms with Crippen molar-refractivity contribution >= 4 is 11.9 Å². The van der Waals surface area contributed by atoms with E-state index in [2.05, 4.69) is 11.4 Å². The van der Waals surface area contributed by atoms with Gasteiger partial charge >= 0.3 is 5.97 Å². The molecule has 0 aliphatic heterocycles. The van der Waals surface area contributed by atoms with Crippen LogP contribution in [0.5, 0.6) is 0 Å². The minimum absolute atomic E-state index is 0.112. The van der Waals surface area contributed by atoms with E-state index in [0.29, 0.717) is 19.4 Å². The average Bonchev–Trinajstić information content (AvgIpc) is 2.34. The molecule has 0 aromatic heterocycles. The van der Waals surface area contributed by atoms with Gasteiger partial charge in [-0.1, -0.05) is 18.1 Å². The zero-order valence-electron chi connectivity index (χ0n) is 11.4. The molecule has 0 heterocycles. The molecule has 1 fully saturated rings. The van der Waals surface area contributed by atoms with E-state index in [1.807, 2.05) is 0 Å². The van der Waals surface area contributed by atoms with Gasteiger partial charge in [0.1, 0.15) is 0 Å². The van der Waals surface area contributed by atoms with E-state index >= 15 is 0 Å². The maximum absolute atomic E-state index is 11.8. The number of rotatable bonds is 6. The van der Waals surface area contributed by atoms with Crippen LogP contribution >= 0.6 is 0 Å². The number of carboxylic acid groups (broad SMARTS) is 1. The van der Waals surface area contributed by atoms with E-state index < -0.39 is 11.4 Å². The molecule has 2 N–H and O–H groups in total. The normalized spacial score (nSPS) is 21.2. The fourth-order valence-electron chi connectivity index (χ4n) is 2.93. The Kier molecular flexibility index (Phi) is 4.61. The topological polar surface area (TPSA) is 66.4 Å². The van der Waals surface area contributed by atoms with Crippen LogP contribution in [0.15, 0.2) is 11.6 Å². The monoisotopic (exact) mass is 265 g/mol. The highest BCUT2D eigenvalue weighted by atomic mass is 16.4. The molecule has 0 spiro atoms. The van der Waals surface area contributed by atoms with E-state index in [1.54, 1.807) is 0 Å². The third-order valence-corrected chi connectivity index (χ3v) is 4.42. The average molecular weight is 265 g/mol. The Labute approximate surface area is 114 Å². The first-order valence-electron chi connectivity index (χ1n) is 7.30. The summed E-state index contributed by atoms with van der Waals surface area (Å²) in [7, 11) is 0. The highest BCUT2D eigenvalue weighted by molar-refractivity contribution is 5.85. The van der Waals surface area contributed by atoms with Crippen LogP contribution in [0.25, 0.3) is 0 Å². The summed E-state index contributed by atoms with van der Waals surface area (Å²) < 4.78 is 0. The highest BCUT2D eigenvalue weighted by Gasteiger charge is 2.45. The maximum Gasteiger partial charge on any atom is 0.310 e. The molecular formula is C15H23NO3. The standard InChI is InChI=1S/C15H23NO3/c17-13(11-15(14(18)19)8-4-9-15)16-10-7-12-5-2-1-3-6-12/h5H,1-4,6-11H2,(H,16,17)(H,18,19). The van der Waals surface area contributed by atoms with Crippen molar-refractivity contribution in [2.24, 2.45) is 5.41 Å². The van der Waals surface area contributed by atoms with Crippen LogP contribution < -0.4 is 5.32 Å². The van der Waals surface area contributed by atoms with Crippen LogP contribution in [0.2, 0.25) is 0 Å². The molecule has 2 aliphatic rings. The minimum atomic E-state index is -0.816. The lowest BCUT2D eigenvalue weighted by molar-refractivity contribution is -0.157. The van der Waals surface area contributed by atoms with Crippen LogP contribution in [0.1, 0.15) is 57.8 Å². The van der Waals surface area contributed by atoms with Crippen molar-refractivity contribution in [3.63, 3.8) is 0 Å². The molecular weight excluding hydrogens is 242 g/mol. The van der Waals surface area contributed by atoms with E-state index in [4.69, 9.17) is 0 Å². The molecule has 0 aromatic carbocycles. The molecule has 106 valence electrons. The minimum Gasteiger partial charge on any atom is -0.481 e. The van der Waals surface area contributed by atoms with E-state index in [1.165, 1.54) is 18.4 Å². The third-order valence-electron chi connectivity index (χ3n) is 4.42. The molecule has 4 heteroatoms. The summed E-state index contributed by atoms with van der Waals surface area (Å²) in [5, 5.41) is 12.0. The molecule has 2 rings (SSSR count). The Morgan fingerprint density at radius 3 is 2.58 bits per heavy atom. The number of carbonyl (C=O) groups is 2. The van der Waals surface area contributed by atoms with Crippen LogP contribution in [-0.4, -0.2) is 23.5 Å². The summed E-state index contributed by atoms with van der Waals surface area (Å²) in [5.41, 5.74) is 0.664. The molecule has 0 saturated heterocycles. The molecule has 0 unspecified atom stereocenters. The number of allylic oxidation sites excluding steroid dienone is 1. The van der Waals surface area contributed by atoms with Crippen LogP contribution in [0.4, 0.5) is 0 Å². The summed E-state index contributed by atoms with van der Waals surface area (Å²) >= 11 is 0. The van der Waals surface area contributed by atoms with E-state index in [0.717, 1.165) is 25.7 Å². The molecule has 0 radical (unpaired) electrons. The fraction of sp³-hybridized carbons (Fsp3) is 0.733. The molecule has 0 aromatic rings. The van der Waals surface area contributed by atoms with Gasteiger partial charge in [-0.2, -0.15) is 0 Å². The van der Waals surface area contributed by atoms with Gasteiger partial charge in [0.05, 0.1) is 5.41 Å². The van der Waals surface area contributed by atoms with Crippen LogP contribution in [0, 0.1) is 5.41 Å². The van der Waals surface area contributed by atoms with Gasteiger partial charge in [0.2, 0.25) is 5.91 Å². The first-order chi connectivity index (χ1) is 9.12. The summed E-state index contributed by atoms with van der Waals surface area (Å²) in [5.74, 6) is -0.928. The van der Waals surface area contributed by atoms with Crippen molar-refractivity contribution in [2.45, 2.75) is 57.8 Å². The van der Waals surface area contributed by atoms with Gasteiger partial charge in [-0.15, -0.1) is 0 Å². The summed E-state index contributed by atoms with van der Waals surface area (Å²) in [4.78, 5) is 23.0. The number of amides is 1. The summed E-state index contributed by atoms with van der Waals surface area (Å²) in [6, 6.07) is 0. The number of hydrogen-bond donors (Lipinski definition) is 2. The lowest BCUT2D eigenvalue weighted by atomic mass is 9.66. The first kappa shape index (κ1) is 14.1. The molecule has 19 heavy (non-hydrogen) atoms. The SMILES string of the molecule is O=C(CC1(C(=O)O)CCC1)NCCC1=CCCCC1. The second-order valence-electron chi connectivity index (χ2n) is 5.82. The van der Waals surface area contributed by atoms with Crippen LogP contribution in [0.3, 0.4) is 0 Å². The summed E-state index contributed by atoms with van der Waals surface area (Å²) in [6.45, 7) is 0.639. The number of carboxylic acids is 1. The largest absolute Gasteiger partial charge is 0.481 e. The second-order valence-corrected chi connectivity index (χ2v) is 5.82. The van der Waals surface area contributed by atoms with E-state index in [-0.39, 0.29) is 12.3 Å². The first-order valence-corrected chi connectivity index (χ1v) is 7.30. The van der Waals surface area contributed by atoms with Gasteiger partial charge in [0.15, 0.2) is 0 Å². The number of hydrogen-bond acceptors (Lipinski definition) is 2. The Morgan fingerprint density at radius 2 is 2.05 bits per heavy atom. The molecule has 2 aliphatic carbocycles. The smallest absolute Gasteiger partial charge is 0.310 e. The molecule has 0 bridgehead atoms.